The highest BCUT2D eigenvalue weighted by molar-refractivity contribution is 7.80. The predicted molar refractivity (Wildman–Crippen MR) is 103 cm³/mol. The molecule has 0 saturated carbocycles. The summed E-state index contributed by atoms with van der Waals surface area (Å²) in [4.78, 5) is 12.6. The number of nitrogens with one attached hydrogen (secondary N) is 1. The van der Waals surface area contributed by atoms with Crippen LogP contribution in [0.5, 0.6) is 0 Å². The maximum atomic E-state index is 12.6. The highest BCUT2D eigenvalue weighted by atomic mass is 35.5. The first kappa shape index (κ1) is 18.5. The molecule has 7 nitrogen and oxygen atoms in total. The highest BCUT2D eigenvalue weighted by Gasteiger charge is 2.27. The van der Waals surface area contributed by atoms with Crippen molar-refractivity contribution in [3.05, 3.63) is 46.6 Å². The molecule has 3 heterocycles. The van der Waals surface area contributed by atoms with Crippen molar-refractivity contribution in [1.82, 2.24) is 25.1 Å². The van der Waals surface area contributed by atoms with Gasteiger partial charge in [0.2, 0.25) is 0 Å². The molecule has 0 unspecified atom stereocenters. The number of hydrogen-bond donors (Lipinski definition) is 1. The molecule has 138 valence electrons. The molecular formula is C17H20ClN5O2S. The Labute approximate surface area is 162 Å². The van der Waals surface area contributed by atoms with E-state index in [9.17, 15) is 4.79 Å². The number of nitrogens with zero attached hydrogens (tertiary/aromatic N) is 4. The quantitative estimate of drug-likeness (QED) is 0.636. The fraction of sp³-hybridized carbons (Fsp3) is 0.353. The molecule has 1 fully saturated rings. The van der Waals surface area contributed by atoms with Crippen LogP contribution < -0.4 is 5.32 Å². The van der Waals surface area contributed by atoms with Crippen LogP contribution in [0.2, 0.25) is 5.15 Å². The number of rotatable bonds is 4. The molecule has 2 aromatic heterocycles. The van der Waals surface area contributed by atoms with Gasteiger partial charge in [-0.1, -0.05) is 11.6 Å². The van der Waals surface area contributed by atoms with E-state index in [0.29, 0.717) is 29.9 Å². The summed E-state index contributed by atoms with van der Waals surface area (Å²) < 4.78 is 6.86. The molecule has 0 atom stereocenters. The lowest BCUT2D eigenvalue weighted by atomic mass is 10.2. The molecule has 0 aromatic carbocycles. The van der Waals surface area contributed by atoms with Gasteiger partial charge in [0.05, 0.1) is 18.5 Å². The number of hydrogen-bond acceptors (Lipinski definition) is 4. The Bertz CT molecular complexity index is 831. The van der Waals surface area contributed by atoms with Crippen molar-refractivity contribution in [2.24, 2.45) is 7.05 Å². The third-order valence-electron chi connectivity index (χ3n) is 4.10. The van der Waals surface area contributed by atoms with Gasteiger partial charge >= 0.3 is 0 Å². The first-order valence-electron chi connectivity index (χ1n) is 8.23. The first-order chi connectivity index (χ1) is 12.5. The van der Waals surface area contributed by atoms with E-state index in [1.165, 1.54) is 6.08 Å². The molecule has 1 saturated heterocycles. The Morgan fingerprint density at radius 3 is 2.88 bits per heavy atom. The normalized spacial score (nSPS) is 14.4. The van der Waals surface area contributed by atoms with Gasteiger partial charge in [0.15, 0.2) is 5.11 Å². The summed E-state index contributed by atoms with van der Waals surface area (Å²) in [5.41, 5.74) is 1.52. The maximum Gasteiger partial charge on any atom is 0.265 e. The molecule has 1 aliphatic heterocycles. The van der Waals surface area contributed by atoms with Crippen molar-refractivity contribution in [2.45, 2.75) is 19.9 Å². The molecule has 9 heteroatoms. The van der Waals surface area contributed by atoms with Crippen molar-refractivity contribution in [1.29, 1.82) is 0 Å². The minimum Gasteiger partial charge on any atom is -0.467 e. The van der Waals surface area contributed by atoms with Gasteiger partial charge in [0.25, 0.3) is 5.91 Å². The van der Waals surface area contributed by atoms with Crippen molar-refractivity contribution in [3.63, 3.8) is 0 Å². The zero-order valence-electron chi connectivity index (χ0n) is 14.6. The summed E-state index contributed by atoms with van der Waals surface area (Å²) in [7, 11) is 1.76. The molecular weight excluding hydrogens is 374 g/mol. The van der Waals surface area contributed by atoms with Crippen LogP contribution in [0.4, 0.5) is 0 Å². The summed E-state index contributed by atoms with van der Waals surface area (Å²) in [6, 6.07) is 3.69. The summed E-state index contributed by atoms with van der Waals surface area (Å²) in [5.74, 6) is 0.634. The zero-order chi connectivity index (χ0) is 18.7. The number of halogens is 1. The van der Waals surface area contributed by atoms with Crippen LogP contribution in [0.1, 0.15) is 23.4 Å². The number of hydrazine groups is 1. The molecule has 0 bridgehead atoms. The van der Waals surface area contributed by atoms with Gasteiger partial charge in [-0.2, -0.15) is 5.10 Å². The van der Waals surface area contributed by atoms with Crippen molar-refractivity contribution < 1.29 is 9.21 Å². The number of aromatic nitrogens is 2. The van der Waals surface area contributed by atoms with E-state index in [1.807, 2.05) is 19.1 Å². The third kappa shape index (κ3) is 3.91. The average Bonchev–Trinajstić information content (AvgIpc) is 3.34. The molecule has 0 spiro atoms. The molecule has 1 N–H and O–H groups in total. The number of amides is 1. The lowest BCUT2D eigenvalue weighted by Crippen LogP contribution is -2.48. The van der Waals surface area contributed by atoms with Crippen LogP contribution in [0.15, 0.2) is 28.9 Å². The van der Waals surface area contributed by atoms with E-state index in [-0.39, 0.29) is 5.91 Å². The number of carbonyl (C=O) groups excluding carboxylic acids is 1. The molecule has 26 heavy (non-hydrogen) atoms. The standard InChI is InChI=1S/C17H20ClN5O2S/c1-12-14(16(18)21(2)20-12)6-7-15(24)22-8-4-9-23(22)17(26)19-11-13-5-3-10-25-13/h3,5-7,10H,4,8-9,11H2,1-2H3,(H,19,26). The molecule has 1 amide bonds. The fourth-order valence-electron chi connectivity index (χ4n) is 2.80. The lowest BCUT2D eigenvalue weighted by molar-refractivity contribution is -0.133. The number of carbonyl (C=O) groups is 1. The Morgan fingerprint density at radius 2 is 2.23 bits per heavy atom. The van der Waals surface area contributed by atoms with Gasteiger partial charge in [-0.3, -0.25) is 14.5 Å². The number of furan rings is 1. The van der Waals surface area contributed by atoms with Gasteiger partial charge in [-0.25, -0.2) is 5.01 Å². The van der Waals surface area contributed by atoms with Crippen LogP contribution in [-0.4, -0.2) is 43.9 Å². The van der Waals surface area contributed by atoms with E-state index in [1.54, 1.807) is 34.1 Å². The van der Waals surface area contributed by atoms with Crippen molar-refractivity contribution in [3.8, 4) is 0 Å². The van der Waals surface area contributed by atoms with Gasteiger partial charge in [-0.15, -0.1) is 0 Å². The Balaban J connectivity index is 1.64. The van der Waals surface area contributed by atoms with Gasteiger partial charge in [0.1, 0.15) is 10.9 Å². The Morgan fingerprint density at radius 1 is 1.46 bits per heavy atom. The molecule has 2 aromatic rings. The van der Waals surface area contributed by atoms with Gasteiger partial charge in [0, 0.05) is 31.8 Å². The number of aryl methyl sites for hydroxylation is 2. The topological polar surface area (TPSA) is 66.5 Å². The first-order valence-corrected chi connectivity index (χ1v) is 9.02. The minimum absolute atomic E-state index is 0.149. The molecule has 1 aliphatic rings. The second-order valence-electron chi connectivity index (χ2n) is 5.92. The van der Waals surface area contributed by atoms with E-state index < -0.39 is 0 Å². The SMILES string of the molecule is Cc1nn(C)c(Cl)c1C=CC(=O)N1CCCN1C(=S)NCc1ccco1. The van der Waals surface area contributed by atoms with E-state index in [0.717, 1.165) is 23.4 Å². The van der Waals surface area contributed by atoms with E-state index in [4.69, 9.17) is 28.2 Å². The van der Waals surface area contributed by atoms with Crippen molar-refractivity contribution in [2.75, 3.05) is 13.1 Å². The lowest BCUT2D eigenvalue weighted by Gasteiger charge is -2.29. The molecule has 3 rings (SSSR count). The van der Waals surface area contributed by atoms with Crippen LogP contribution in [0.3, 0.4) is 0 Å². The Kier molecular flexibility index (Phi) is 5.63. The van der Waals surface area contributed by atoms with Gasteiger partial charge < -0.3 is 9.73 Å². The smallest absolute Gasteiger partial charge is 0.265 e. The Hall–Kier alpha value is -2.32. The maximum absolute atomic E-state index is 12.6. The van der Waals surface area contributed by atoms with E-state index in [2.05, 4.69) is 10.4 Å². The number of thiocarbonyl (C=S) groups is 1. The largest absolute Gasteiger partial charge is 0.467 e. The van der Waals surface area contributed by atoms with E-state index >= 15 is 0 Å². The summed E-state index contributed by atoms with van der Waals surface area (Å²) >= 11 is 11.6. The summed E-state index contributed by atoms with van der Waals surface area (Å²) in [6.45, 7) is 3.64. The summed E-state index contributed by atoms with van der Waals surface area (Å²) in [6.07, 6.45) is 5.67. The van der Waals surface area contributed by atoms with Crippen molar-refractivity contribution >= 4 is 40.9 Å². The highest BCUT2D eigenvalue weighted by Crippen LogP contribution is 2.20. The zero-order valence-corrected chi connectivity index (χ0v) is 16.2. The van der Waals surface area contributed by atoms with Crippen LogP contribution in [0.25, 0.3) is 6.08 Å². The summed E-state index contributed by atoms with van der Waals surface area (Å²) in [5, 5.41) is 11.8. The minimum atomic E-state index is -0.149. The third-order valence-corrected chi connectivity index (χ3v) is 4.91. The molecule has 0 aliphatic carbocycles. The van der Waals surface area contributed by atoms with Crippen LogP contribution >= 0.6 is 23.8 Å². The molecule has 0 radical (unpaired) electrons. The van der Waals surface area contributed by atoms with Crippen LogP contribution in [0, 0.1) is 6.92 Å². The van der Waals surface area contributed by atoms with Gasteiger partial charge in [-0.05, 0) is 43.8 Å². The average molecular weight is 394 g/mol. The second kappa shape index (κ2) is 7.92. The second-order valence-corrected chi connectivity index (χ2v) is 6.67. The fourth-order valence-corrected chi connectivity index (χ4v) is 3.30. The monoisotopic (exact) mass is 393 g/mol. The predicted octanol–water partition coefficient (Wildman–Crippen LogP) is 2.51. The van der Waals surface area contributed by atoms with Crippen LogP contribution in [-0.2, 0) is 18.4 Å².